The summed E-state index contributed by atoms with van der Waals surface area (Å²) < 4.78 is 1.29. The highest BCUT2D eigenvalue weighted by Crippen LogP contribution is 2.27. The predicted octanol–water partition coefficient (Wildman–Crippen LogP) is -1.67. The molecular weight excluding hydrogens is 254 g/mol. The second kappa shape index (κ2) is 5.66. The van der Waals surface area contributed by atoms with Crippen molar-refractivity contribution in [3.05, 3.63) is 32.6 Å². The molecule has 1 fully saturated rings. The Balaban J connectivity index is 2.27. The van der Waals surface area contributed by atoms with E-state index in [0.717, 1.165) is 0 Å². The number of nitrogens with one attached hydrogen (secondary N) is 1. The van der Waals surface area contributed by atoms with Crippen LogP contribution in [0.2, 0.25) is 0 Å². The van der Waals surface area contributed by atoms with E-state index in [2.05, 4.69) is 4.98 Å². The number of hydrogen-bond acceptors (Lipinski definition) is 6. The van der Waals surface area contributed by atoms with Gasteiger partial charge in [-0.2, -0.15) is 5.06 Å². The quantitative estimate of drug-likeness (QED) is 0.604. The number of hydrogen-bond donors (Lipinski definition) is 3. The second-order valence-corrected chi connectivity index (χ2v) is 4.48. The monoisotopic (exact) mass is 271 g/mol. The normalized spacial score (nSPS) is 23.9. The van der Waals surface area contributed by atoms with Gasteiger partial charge in [0.2, 0.25) is 0 Å². The van der Waals surface area contributed by atoms with Crippen molar-refractivity contribution in [3.63, 3.8) is 0 Å². The zero-order chi connectivity index (χ0) is 14.0. The van der Waals surface area contributed by atoms with Gasteiger partial charge in [-0.05, 0) is 6.92 Å². The highest BCUT2D eigenvalue weighted by atomic mass is 16.7. The lowest BCUT2D eigenvalue weighted by Gasteiger charge is -2.19. The summed E-state index contributed by atoms with van der Waals surface area (Å²) in [6, 6.07) is -0.281. The van der Waals surface area contributed by atoms with Gasteiger partial charge in [-0.15, -0.1) is 0 Å². The standard InChI is InChI=1S/C11H17N3O5/c1-7-5-13(11(18)12-10(7)17)9-4-8(6-16)14(19-9)2-3-15/h5,8-9,15-16H,2-4,6H2,1H3,(H,12,17,18). The Morgan fingerprint density at radius 2 is 2.21 bits per heavy atom. The number of aliphatic hydroxyl groups excluding tert-OH is 2. The summed E-state index contributed by atoms with van der Waals surface area (Å²) in [5, 5.41) is 19.6. The van der Waals surface area contributed by atoms with Gasteiger partial charge >= 0.3 is 5.69 Å². The van der Waals surface area contributed by atoms with Gasteiger partial charge in [-0.25, -0.2) is 4.79 Å². The van der Waals surface area contributed by atoms with Crippen LogP contribution < -0.4 is 11.2 Å². The molecule has 0 amide bonds. The number of nitrogens with zero attached hydrogens (tertiary/aromatic N) is 2. The number of aromatic nitrogens is 2. The van der Waals surface area contributed by atoms with E-state index in [1.54, 1.807) is 6.92 Å². The summed E-state index contributed by atoms with van der Waals surface area (Å²) in [5.41, 5.74) is -0.572. The molecule has 19 heavy (non-hydrogen) atoms. The van der Waals surface area contributed by atoms with E-state index >= 15 is 0 Å². The molecule has 0 aromatic carbocycles. The molecule has 1 aromatic heterocycles. The first-order valence-electron chi connectivity index (χ1n) is 6.04. The van der Waals surface area contributed by atoms with Crippen LogP contribution in [-0.2, 0) is 4.84 Å². The van der Waals surface area contributed by atoms with Crippen LogP contribution >= 0.6 is 0 Å². The second-order valence-electron chi connectivity index (χ2n) is 4.48. The average molecular weight is 271 g/mol. The number of aliphatic hydroxyl groups is 2. The molecule has 1 saturated heterocycles. The van der Waals surface area contributed by atoms with Gasteiger partial charge < -0.3 is 10.2 Å². The van der Waals surface area contributed by atoms with E-state index in [0.29, 0.717) is 12.0 Å². The Morgan fingerprint density at radius 1 is 1.47 bits per heavy atom. The molecule has 2 heterocycles. The molecule has 1 aromatic rings. The molecule has 0 aliphatic carbocycles. The summed E-state index contributed by atoms with van der Waals surface area (Å²) in [6.07, 6.45) is 1.25. The van der Waals surface area contributed by atoms with E-state index in [1.807, 2.05) is 0 Å². The van der Waals surface area contributed by atoms with Gasteiger partial charge in [-0.3, -0.25) is 19.2 Å². The van der Waals surface area contributed by atoms with Crippen molar-refractivity contribution >= 4 is 0 Å². The fraction of sp³-hybridized carbons (Fsp3) is 0.636. The van der Waals surface area contributed by atoms with E-state index in [1.165, 1.54) is 15.8 Å². The van der Waals surface area contributed by atoms with Crippen LogP contribution in [-0.4, -0.2) is 50.6 Å². The topological polar surface area (TPSA) is 108 Å². The van der Waals surface area contributed by atoms with Crippen molar-refractivity contribution in [2.75, 3.05) is 19.8 Å². The third kappa shape index (κ3) is 2.76. The number of aromatic amines is 1. The van der Waals surface area contributed by atoms with Crippen molar-refractivity contribution in [2.45, 2.75) is 25.6 Å². The molecule has 2 unspecified atom stereocenters. The largest absolute Gasteiger partial charge is 0.395 e. The van der Waals surface area contributed by atoms with Crippen LogP contribution in [0.1, 0.15) is 18.2 Å². The molecule has 106 valence electrons. The maximum atomic E-state index is 11.7. The third-order valence-electron chi connectivity index (χ3n) is 3.13. The minimum atomic E-state index is -0.591. The van der Waals surface area contributed by atoms with Crippen LogP contribution in [0, 0.1) is 6.92 Å². The first-order valence-corrected chi connectivity index (χ1v) is 6.04. The van der Waals surface area contributed by atoms with Gasteiger partial charge in [0.15, 0.2) is 6.23 Å². The Bertz CT molecular complexity index is 552. The zero-order valence-corrected chi connectivity index (χ0v) is 10.6. The lowest BCUT2D eigenvalue weighted by atomic mass is 10.2. The summed E-state index contributed by atoms with van der Waals surface area (Å²) in [7, 11) is 0. The third-order valence-corrected chi connectivity index (χ3v) is 3.13. The average Bonchev–Trinajstić information content (AvgIpc) is 2.77. The first-order chi connectivity index (χ1) is 9.06. The van der Waals surface area contributed by atoms with Gasteiger partial charge in [0, 0.05) is 24.7 Å². The van der Waals surface area contributed by atoms with Gasteiger partial charge in [0.05, 0.1) is 19.3 Å². The summed E-state index contributed by atoms with van der Waals surface area (Å²) in [6.45, 7) is 1.61. The van der Waals surface area contributed by atoms with Crippen molar-refractivity contribution in [1.29, 1.82) is 0 Å². The number of hydroxylamine groups is 2. The molecule has 2 rings (SSSR count). The Labute approximate surface area is 108 Å². The van der Waals surface area contributed by atoms with Crippen LogP contribution in [0.25, 0.3) is 0 Å². The summed E-state index contributed by atoms with van der Waals surface area (Å²) >= 11 is 0. The van der Waals surface area contributed by atoms with E-state index in [4.69, 9.17) is 9.94 Å². The molecule has 0 bridgehead atoms. The zero-order valence-electron chi connectivity index (χ0n) is 10.6. The van der Waals surface area contributed by atoms with Gasteiger partial charge in [0.25, 0.3) is 5.56 Å². The minimum Gasteiger partial charge on any atom is -0.395 e. The van der Waals surface area contributed by atoms with Crippen LogP contribution in [0.4, 0.5) is 0 Å². The molecule has 0 spiro atoms. The molecule has 1 aliphatic rings. The highest BCUT2D eigenvalue weighted by Gasteiger charge is 2.34. The molecule has 8 heteroatoms. The van der Waals surface area contributed by atoms with Crippen LogP contribution in [0.5, 0.6) is 0 Å². The first kappa shape index (κ1) is 13.9. The Kier molecular flexibility index (Phi) is 4.15. The Morgan fingerprint density at radius 3 is 2.84 bits per heavy atom. The lowest BCUT2D eigenvalue weighted by Crippen LogP contribution is -2.34. The number of aryl methyl sites for hydroxylation is 1. The van der Waals surface area contributed by atoms with Crippen molar-refractivity contribution in [1.82, 2.24) is 14.6 Å². The SMILES string of the molecule is Cc1cn(C2CC(CO)N(CCO)O2)c(=O)[nH]c1=O. The highest BCUT2D eigenvalue weighted by molar-refractivity contribution is 5.01. The number of H-pyrrole nitrogens is 1. The number of rotatable bonds is 4. The lowest BCUT2D eigenvalue weighted by molar-refractivity contribution is -0.191. The maximum absolute atomic E-state index is 11.7. The van der Waals surface area contributed by atoms with Crippen molar-refractivity contribution in [2.24, 2.45) is 0 Å². The molecule has 8 nitrogen and oxygen atoms in total. The van der Waals surface area contributed by atoms with Gasteiger partial charge in [0.1, 0.15) is 0 Å². The van der Waals surface area contributed by atoms with Crippen molar-refractivity contribution < 1.29 is 15.1 Å². The molecular formula is C11H17N3O5. The molecule has 0 saturated carbocycles. The summed E-state index contributed by atoms with van der Waals surface area (Å²) in [4.78, 5) is 30.8. The predicted molar refractivity (Wildman–Crippen MR) is 65.5 cm³/mol. The summed E-state index contributed by atoms with van der Waals surface area (Å²) in [5.74, 6) is 0. The fourth-order valence-electron chi connectivity index (χ4n) is 2.10. The van der Waals surface area contributed by atoms with E-state index in [9.17, 15) is 14.7 Å². The van der Waals surface area contributed by atoms with Crippen LogP contribution in [0.15, 0.2) is 15.8 Å². The van der Waals surface area contributed by atoms with Gasteiger partial charge in [-0.1, -0.05) is 0 Å². The smallest absolute Gasteiger partial charge is 0.330 e. The van der Waals surface area contributed by atoms with E-state index in [-0.39, 0.29) is 25.8 Å². The maximum Gasteiger partial charge on any atom is 0.330 e. The molecule has 0 radical (unpaired) electrons. The molecule has 1 aliphatic heterocycles. The van der Waals surface area contributed by atoms with E-state index < -0.39 is 17.5 Å². The molecule has 2 atom stereocenters. The number of β-amino-alcohol motifs (C(OH)–C–C–N with tert-alkyl or cyclic N) is 1. The minimum absolute atomic E-state index is 0.108. The van der Waals surface area contributed by atoms with Crippen molar-refractivity contribution in [3.8, 4) is 0 Å². The molecule has 3 N–H and O–H groups in total. The van der Waals surface area contributed by atoms with Crippen LogP contribution in [0.3, 0.4) is 0 Å². The Hall–Kier alpha value is -1.48. The fourth-order valence-corrected chi connectivity index (χ4v) is 2.10.